The number of carbonyl (C=O) groups excluding carboxylic acids is 11. The van der Waals surface area contributed by atoms with E-state index in [-0.39, 0.29) is 49.9 Å². The zero-order valence-corrected chi connectivity index (χ0v) is 59.0. The summed E-state index contributed by atoms with van der Waals surface area (Å²) in [4.78, 5) is 181. The van der Waals surface area contributed by atoms with Gasteiger partial charge in [0.1, 0.15) is 66.5 Å². The third kappa shape index (κ3) is 23.4. The second-order valence-corrected chi connectivity index (χ2v) is 27.5. The Bertz CT molecular complexity index is 2550. The highest BCUT2D eigenvalue weighted by Gasteiger charge is 2.47. The monoisotopic (exact) mass is 1290 g/mol. The Balaban J connectivity index is 4.54. The number of hydrogen-bond acceptors (Lipinski definition) is 15. The minimum absolute atomic E-state index is 0.0749. The molecule has 1 heterocycles. The zero-order chi connectivity index (χ0) is 70.8. The number of nitro groups is 1. The summed E-state index contributed by atoms with van der Waals surface area (Å²) in [6.45, 7) is 27.3. The summed E-state index contributed by atoms with van der Waals surface area (Å²) in [6.07, 6.45) is 1.21. The molecule has 1 aliphatic rings. The summed E-state index contributed by atoms with van der Waals surface area (Å²) in [5.74, 6) is -11.6. The van der Waals surface area contributed by atoms with Gasteiger partial charge in [-0.15, -0.1) is 0 Å². The van der Waals surface area contributed by atoms with Crippen molar-refractivity contribution in [3.63, 3.8) is 0 Å². The first kappa shape index (κ1) is 82.2. The molecule has 0 aromatic rings. The average Bonchev–Trinajstić information content (AvgIpc) is 0.888. The number of aliphatic hydroxyl groups excluding tert-OH is 1. The lowest BCUT2D eigenvalue weighted by Crippen LogP contribution is -2.64. The van der Waals surface area contributed by atoms with Gasteiger partial charge in [0, 0.05) is 67.1 Å². The predicted molar refractivity (Wildman–Crippen MR) is 345 cm³/mol. The molecule has 0 saturated carbocycles. The third-order valence-corrected chi connectivity index (χ3v) is 17.0. The van der Waals surface area contributed by atoms with Crippen molar-refractivity contribution >= 4 is 65.0 Å². The molecule has 13 atom stereocenters. The van der Waals surface area contributed by atoms with Crippen molar-refractivity contribution in [1.82, 2.24) is 55.6 Å². The standard InChI is InChI=1S/C64H114N12O15/c1-25-27-28-40(13)52(77)51-56(81)67-43(26-2)58(83)69(18)44(29-30-76(90)91)59(84)73(22)48(34-64(16,17)89)55(80)68-49(38(9)10)62(87)70(19)45(31-35(3)4)54(79)65-41(14)53(78)66-42(15)57(82)71(20)46(32-36(5)6)60(85)72(21)47(33-37(7)8)61(86)74(23)50(39(11)12)63(88)75(51)24/h25,27,35-52,77,89H,26,28-34H2,1-24H3,(H,65,79)(H,66,78)(H,67,81)(H,68,80)/b27-25+/t40-,41+,42-,43+,44+,45+,46+,47+,48+,49+,50+,51+,52-/m1/s1. The minimum Gasteiger partial charge on any atom is -0.390 e. The number of aliphatic hydroxyl groups is 2. The van der Waals surface area contributed by atoms with Crippen LogP contribution in [-0.2, 0) is 52.7 Å². The van der Waals surface area contributed by atoms with E-state index < -0.39 is 185 Å². The number of hydrogen-bond donors (Lipinski definition) is 6. The van der Waals surface area contributed by atoms with Gasteiger partial charge in [-0.1, -0.05) is 95.2 Å². The van der Waals surface area contributed by atoms with Gasteiger partial charge in [-0.3, -0.25) is 62.9 Å². The smallest absolute Gasteiger partial charge is 0.246 e. The van der Waals surface area contributed by atoms with Gasteiger partial charge in [0.25, 0.3) is 0 Å². The Morgan fingerprint density at radius 2 is 0.934 bits per heavy atom. The molecule has 0 radical (unpaired) electrons. The van der Waals surface area contributed by atoms with E-state index in [1.54, 1.807) is 53.7 Å². The van der Waals surface area contributed by atoms with Crippen LogP contribution in [0.15, 0.2) is 12.2 Å². The first-order valence-electron chi connectivity index (χ1n) is 32.0. The maximum Gasteiger partial charge on any atom is 0.246 e. The second-order valence-electron chi connectivity index (χ2n) is 27.5. The van der Waals surface area contributed by atoms with Crippen LogP contribution in [0.3, 0.4) is 0 Å². The molecular formula is C64H114N12O15. The molecule has 0 unspecified atom stereocenters. The van der Waals surface area contributed by atoms with E-state index in [1.165, 1.54) is 98.7 Å². The van der Waals surface area contributed by atoms with Gasteiger partial charge in [-0.25, -0.2) is 0 Å². The molecule has 11 amide bonds. The molecule has 1 saturated heterocycles. The molecule has 1 fully saturated rings. The van der Waals surface area contributed by atoms with Crippen molar-refractivity contribution in [2.24, 2.45) is 35.5 Å². The van der Waals surface area contributed by atoms with E-state index in [2.05, 4.69) is 21.3 Å². The first-order chi connectivity index (χ1) is 41.8. The third-order valence-electron chi connectivity index (χ3n) is 17.0. The van der Waals surface area contributed by atoms with Crippen LogP contribution < -0.4 is 21.3 Å². The van der Waals surface area contributed by atoms with E-state index in [9.17, 15) is 53.9 Å². The lowest BCUT2D eigenvalue weighted by molar-refractivity contribution is -0.481. The van der Waals surface area contributed by atoms with Crippen LogP contribution in [0.5, 0.6) is 0 Å². The molecule has 0 aliphatic carbocycles. The molecule has 91 heavy (non-hydrogen) atoms. The summed E-state index contributed by atoms with van der Waals surface area (Å²) >= 11 is 0. The molecule has 0 aromatic heterocycles. The van der Waals surface area contributed by atoms with Gasteiger partial charge in [0.2, 0.25) is 71.5 Å². The van der Waals surface area contributed by atoms with Crippen molar-refractivity contribution < 1.29 is 67.9 Å². The number of likely N-dealkylation sites (N-methyl/N-ethyl adjacent to an activating group) is 7. The SMILES string of the molecule is C/C=C/C[C@@H](C)[C@@H](O)[C@H]1C(=O)N[C@@H](CC)C(=O)N(C)[C@@H](CC[N+](=O)[O-])C(=O)N(C)[C@@H](CC(C)(C)O)C(=O)N[C@@H](C(C)C)C(=O)N(C)[C@@H](CC(C)C)C(=O)N[C@@H](C)C(=O)N[C@H](C)C(=O)N(C)[C@@H](CC(C)C)C(=O)N(C)[C@@H](CC(C)C)C(=O)N(C)[C@@H](C(C)C)C(=O)N1C. The van der Waals surface area contributed by atoms with E-state index >= 15 is 19.2 Å². The van der Waals surface area contributed by atoms with Crippen molar-refractivity contribution in [3.8, 4) is 0 Å². The maximum absolute atomic E-state index is 15.2. The molecule has 1 rings (SSSR count). The molecule has 520 valence electrons. The Labute approximate surface area is 541 Å². The van der Waals surface area contributed by atoms with E-state index in [0.717, 1.165) is 19.6 Å². The fourth-order valence-corrected chi connectivity index (χ4v) is 11.3. The quantitative estimate of drug-likeness (QED) is 0.0652. The van der Waals surface area contributed by atoms with Crippen molar-refractivity contribution in [2.45, 2.75) is 241 Å². The Morgan fingerprint density at radius 1 is 0.516 bits per heavy atom. The van der Waals surface area contributed by atoms with Crippen LogP contribution >= 0.6 is 0 Å². The van der Waals surface area contributed by atoms with Crippen LogP contribution in [0.4, 0.5) is 0 Å². The van der Waals surface area contributed by atoms with Crippen LogP contribution in [0, 0.1) is 45.6 Å². The lowest BCUT2D eigenvalue weighted by Gasteiger charge is -2.41. The Hall–Kier alpha value is -6.77. The van der Waals surface area contributed by atoms with E-state index in [4.69, 9.17) is 0 Å². The van der Waals surface area contributed by atoms with Gasteiger partial charge in [-0.05, 0) is 102 Å². The molecule has 0 bridgehead atoms. The maximum atomic E-state index is 15.2. The summed E-state index contributed by atoms with van der Waals surface area (Å²) in [7, 11) is 9.26. The molecule has 6 N–H and O–H groups in total. The molecule has 0 spiro atoms. The molecule has 1 aliphatic heterocycles. The van der Waals surface area contributed by atoms with Crippen molar-refractivity contribution in [3.05, 3.63) is 22.3 Å². The number of rotatable bonds is 18. The molecule has 27 heteroatoms. The van der Waals surface area contributed by atoms with E-state index in [0.29, 0.717) is 0 Å². The fourth-order valence-electron chi connectivity index (χ4n) is 11.3. The van der Waals surface area contributed by atoms with Crippen molar-refractivity contribution in [1.29, 1.82) is 0 Å². The topological polar surface area (TPSA) is 342 Å². The number of carbonyl (C=O) groups is 11. The van der Waals surface area contributed by atoms with Crippen molar-refractivity contribution in [2.75, 3.05) is 55.9 Å². The predicted octanol–water partition coefficient (Wildman–Crippen LogP) is 2.42. The molecule has 0 aromatic carbocycles. The number of amides is 11. The van der Waals surface area contributed by atoms with Gasteiger partial charge in [0.05, 0.1) is 11.7 Å². The Morgan fingerprint density at radius 3 is 1.38 bits per heavy atom. The molecule has 27 nitrogen and oxygen atoms in total. The average molecular weight is 1290 g/mol. The van der Waals surface area contributed by atoms with Crippen LogP contribution in [0.1, 0.15) is 163 Å². The summed E-state index contributed by atoms with van der Waals surface area (Å²) in [5, 5.41) is 46.1. The van der Waals surface area contributed by atoms with Crippen LogP contribution in [-0.4, -0.2) is 248 Å². The zero-order valence-electron chi connectivity index (χ0n) is 59.0. The number of nitrogens with one attached hydrogen (secondary N) is 4. The van der Waals surface area contributed by atoms with Crippen LogP contribution in [0.2, 0.25) is 0 Å². The van der Waals surface area contributed by atoms with Gasteiger partial charge < -0.3 is 65.8 Å². The highest BCUT2D eigenvalue weighted by Crippen LogP contribution is 2.26. The fraction of sp³-hybridized carbons (Fsp3) is 0.797. The van der Waals surface area contributed by atoms with Gasteiger partial charge in [-0.2, -0.15) is 0 Å². The highest BCUT2D eigenvalue weighted by atomic mass is 16.6. The van der Waals surface area contributed by atoms with E-state index in [1.807, 2.05) is 41.5 Å². The summed E-state index contributed by atoms with van der Waals surface area (Å²) < 4.78 is 0. The summed E-state index contributed by atoms with van der Waals surface area (Å²) in [6, 6.07) is -15.5. The molecular weight excluding hydrogens is 1180 g/mol. The van der Waals surface area contributed by atoms with Gasteiger partial charge >= 0.3 is 0 Å². The Kier molecular flexibility index (Phi) is 33.0. The largest absolute Gasteiger partial charge is 0.390 e. The normalized spacial score (nSPS) is 26.8. The first-order valence-corrected chi connectivity index (χ1v) is 32.0. The lowest BCUT2D eigenvalue weighted by atomic mass is 9.91. The summed E-state index contributed by atoms with van der Waals surface area (Å²) in [5.41, 5.74) is -1.68. The minimum atomic E-state index is -1.74. The van der Waals surface area contributed by atoms with Gasteiger partial charge in [0.15, 0.2) is 0 Å². The second kappa shape index (κ2) is 36.5. The highest BCUT2D eigenvalue weighted by molar-refractivity contribution is 6.00. The number of nitrogens with zero attached hydrogens (tertiary/aromatic N) is 8. The van der Waals surface area contributed by atoms with Crippen LogP contribution in [0.25, 0.3) is 0 Å². The number of allylic oxidation sites excluding steroid dienone is 2.